The molecule has 0 aliphatic carbocycles. The van der Waals surface area contributed by atoms with Gasteiger partial charge in [0.1, 0.15) is 5.15 Å². The van der Waals surface area contributed by atoms with E-state index in [-0.39, 0.29) is 27.4 Å². The zero-order chi connectivity index (χ0) is 17.9. The minimum absolute atomic E-state index is 0.117. The van der Waals surface area contributed by atoms with E-state index in [1.807, 2.05) is 0 Å². The minimum Gasteiger partial charge on any atom is -0.321 e. The average molecular weight is 392 g/mol. The molecule has 0 spiro atoms. The number of hydrogen-bond acceptors (Lipinski definition) is 3. The van der Waals surface area contributed by atoms with Gasteiger partial charge in [0.15, 0.2) is 0 Å². The Morgan fingerprint density at radius 2 is 2.12 bits per heavy atom. The highest BCUT2D eigenvalue weighted by Gasteiger charge is 2.15. The Labute approximate surface area is 151 Å². The molecular formula is C15H13Cl2F2N3OS. The monoisotopic (exact) mass is 391 g/mol. The fraction of sp³-hybridized carbons (Fsp3) is 0.200. The summed E-state index contributed by atoms with van der Waals surface area (Å²) in [6, 6.07) is 4.56. The Bertz CT molecular complexity index is 793. The maximum atomic E-state index is 12.6. The van der Waals surface area contributed by atoms with Crippen molar-refractivity contribution in [1.82, 2.24) is 9.78 Å². The van der Waals surface area contributed by atoms with Gasteiger partial charge >= 0.3 is 0 Å². The number of rotatable bonds is 5. The molecule has 0 unspecified atom stereocenters. The number of nitrogens with zero attached hydrogens (tertiary/aromatic N) is 2. The molecule has 0 radical (unpaired) electrons. The van der Waals surface area contributed by atoms with Crippen molar-refractivity contribution in [1.29, 1.82) is 0 Å². The molecule has 0 saturated heterocycles. The van der Waals surface area contributed by atoms with Gasteiger partial charge in [-0.05, 0) is 25.1 Å². The quantitative estimate of drug-likeness (QED) is 0.575. The lowest BCUT2D eigenvalue weighted by Crippen LogP contribution is -2.09. The summed E-state index contributed by atoms with van der Waals surface area (Å²) in [4.78, 5) is 12.2. The molecule has 0 saturated carbocycles. The zero-order valence-electron chi connectivity index (χ0n) is 12.7. The van der Waals surface area contributed by atoms with Gasteiger partial charge in [-0.25, -0.2) is 0 Å². The van der Waals surface area contributed by atoms with Crippen LogP contribution in [0.2, 0.25) is 10.2 Å². The number of aromatic nitrogens is 2. The van der Waals surface area contributed by atoms with Crippen LogP contribution in [0.3, 0.4) is 0 Å². The van der Waals surface area contributed by atoms with E-state index in [2.05, 4.69) is 10.4 Å². The van der Waals surface area contributed by atoms with Gasteiger partial charge in [0.25, 0.3) is 5.76 Å². The van der Waals surface area contributed by atoms with Gasteiger partial charge in [-0.15, -0.1) is 0 Å². The molecule has 0 bridgehead atoms. The van der Waals surface area contributed by atoms with E-state index in [0.29, 0.717) is 16.4 Å². The first-order valence-corrected chi connectivity index (χ1v) is 8.34. The van der Waals surface area contributed by atoms with Crippen LogP contribution in [-0.2, 0) is 11.8 Å². The maximum Gasteiger partial charge on any atom is 0.289 e. The number of halogens is 4. The number of nitrogens with one attached hydrogen (secondary N) is 1. The largest absolute Gasteiger partial charge is 0.321 e. The van der Waals surface area contributed by atoms with Crippen molar-refractivity contribution < 1.29 is 13.6 Å². The standard InChI is InChI=1S/C15H13Cl2F2N3OS/c1-8-9(14(17)22(2)21-8)6-7-12(23)20-11-5-3-4-10(16)13(11)24-15(18)19/h3-7,15H,1-2H3,(H,20,23)/b7-6+. The molecule has 1 aromatic carbocycles. The summed E-state index contributed by atoms with van der Waals surface area (Å²) in [6.07, 6.45) is 2.78. The molecule has 128 valence electrons. The topological polar surface area (TPSA) is 46.9 Å². The summed E-state index contributed by atoms with van der Waals surface area (Å²) in [6.45, 7) is 1.76. The number of thioether (sulfide) groups is 1. The van der Waals surface area contributed by atoms with Gasteiger partial charge in [0, 0.05) is 18.7 Å². The Hall–Kier alpha value is -1.57. The van der Waals surface area contributed by atoms with Crippen LogP contribution in [-0.4, -0.2) is 21.4 Å². The van der Waals surface area contributed by atoms with E-state index >= 15 is 0 Å². The summed E-state index contributed by atoms with van der Waals surface area (Å²) in [7, 11) is 1.69. The van der Waals surface area contributed by atoms with Crippen molar-refractivity contribution >= 4 is 52.6 Å². The van der Waals surface area contributed by atoms with Crippen molar-refractivity contribution in [2.45, 2.75) is 17.6 Å². The van der Waals surface area contributed by atoms with Crippen LogP contribution in [0.25, 0.3) is 6.08 Å². The Morgan fingerprint density at radius 3 is 2.71 bits per heavy atom. The molecule has 0 atom stereocenters. The Balaban J connectivity index is 2.18. The van der Waals surface area contributed by atoms with Crippen molar-refractivity contribution in [3.8, 4) is 0 Å². The number of amides is 1. The van der Waals surface area contributed by atoms with Crippen LogP contribution >= 0.6 is 35.0 Å². The zero-order valence-corrected chi connectivity index (χ0v) is 15.0. The fourth-order valence-corrected chi connectivity index (χ4v) is 3.14. The fourth-order valence-electron chi connectivity index (χ4n) is 1.99. The molecule has 2 rings (SSSR count). The van der Waals surface area contributed by atoms with Gasteiger partial charge in [-0.3, -0.25) is 9.48 Å². The number of alkyl halides is 2. The van der Waals surface area contributed by atoms with E-state index < -0.39 is 11.7 Å². The summed E-state index contributed by atoms with van der Waals surface area (Å²) < 4.78 is 26.8. The average Bonchev–Trinajstić information content (AvgIpc) is 2.73. The van der Waals surface area contributed by atoms with E-state index in [4.69, 9.17) is 23.2 Å². The molecule has 0 aliphatic heterocycles. The molecule has 0 fully saturated rings. The third-order valence-corrected chi connectivity index (χ3v) is 4.76. The van der Waals surface area contributed by atoms with Crippen LogP contribution in [0.1, 0.15) is 11.3 Å². The number of aryl methyl sites for hydroxylation is 2. The maximum absolute atomic E-state index is 12.6. The number of benzene rings is 1. The van der Waals surface area contributed by atoms with Gasteiger partial charge < -0.3 is 5.32 Å². The summed E-state index contributed by atoms with van der Waals surface area (Å²) >= 11 is 12.3. The van der Waals surface area contributed by atoms with Crippen molar-refractivity contribution in [3.05, 3.63) is 45.7 Å². The molecular weight excluding hydrogens is 379 g/mol. The predicted molar refractivity (Wildman–Crippen MR) is 93.9 cm³/mol. The van der Waals surface area contributed by atoms with E-state index in [9.17, 15) is 13.6 Å². The smallest absolute Gasteiger partial charge is 0.289 e. The molecule has 4 nitrogen and oxygen atoms in total. The summed E-state index contributed by atoms with van der Waals surface area (Å²) in [5.41, 5.74) is 1.50. The second-order valence-electron chi connectivity index (χ2n) is 4.73. The van der Waals surface area contributed by atoms with Gasteiger partial charge in [-0.1, -0.05) is 41.0 Å². The minimum atomic E-state index is -2.65. The van der Waals surface area contributed by atoms with Gasteiger partial charge in [-0.2, -0.15) is 13.9 Å². The Morgan fingerprint density at radius 1 is 1.42 bits per heavy atom. The second kappa shape index (κ2) is 8.00. The highest BCUT2D eigenvalue weighted by molar-refractivity contribution is 7.99. The van der Waals surface area contributed by atoms with E-state index in [1.54, 1.807) is 20.0 Å². The number of carbonyl (C=O) groups is 1. The molecule has 1 amide bonds. The number of carbonyl (C=O) groups excluding carboxylic acids is 1. The summed E-state index contributed by atoms with van der Waals surface area (Å²) in [5, 5.41) is 7.21. The lowest BCUT2D eigenvalue weighted by atomic mass is 10.2. The highest BCUT2D eigenvalue weighted by atomic mass is 35.5. The van der Waals surface area contributed by atoms with Gasteiger partial charge in [0.2, 0.25) is 5.91 Å². The lowest BCUT2D eigenvalue weighted by Gasteiger charge is -2.10. The molecule has 1 heterocycles. The van der Waals surface area contributed by atoms with Crippen molar-refractivity contribution in [2.75, 3.05) is 5.32 Å². The lowest BCUT2D eigenvalue weighted by molar-refractivity contribution is -0.111. The normalized spacial score (nSPS) is 11.5. The molecule has 2 aromatic rings. The predicted octanol–water partition coefficient (Wildman–Crippen LogP) is 5.00. The highest BCUT2D eigenvalue weighted by Crippen LogP contribution is 2.37. The first-order chi connectivity index (χ1) is 11.3. The number of hydrogen-bond donors (Lipinski definition) is 1. The third-order valence-electron chi connectivity index (χ3n) is 3.03. The molecule has 24 heavy (non-hydrogen) atoms. The molecule has 0 aliphatic rings. The number of anilines is 1. The van der Waals surface area contributed by atoms with Gasteiger partial charge in [0.05, 0.1) is 21.3 Å². The second-order valence-corrected chi connectivity index (χ2v) is 6.50. The van der Waals surface area contributed by atoms with Crippen LogP contribution in [0.5, 0.6) is 0 Å². The molecule has 1 N–H and O–H groups in total. The summed E-state index contributed by atoms with van der Waals surface area (Å²) in [5.74, 6) is -3.14. The molecule has 9 heteroatoms. The van der Waals surface area contributed by atoms with E-state index in [1.165, 1.54) is 29.0 Å². The van der Waals surface area contributed by atoms with Crippen molar-refractivity contribution in [3.63, 3.8) is 0 Å². The third kappa shape index (κ3) is 4.49. The van der Waals surface area contributed by atoms with Crippen LogP contribution in [0.15, 0.2) is 29.2 Å². The Kier molecular flexibility index (Phi) is 6.26. The SMILES string of the molecule is Cc1nn(C)c(Cl)c1/C=C/C(=O)Nc1cccc(Cl)c1SC(F)F. The van der Waals surface area contributed by atoms with Crippen LogP contribution in [0, 0.1) is 6.92 Å². The first-order valence-electron chi connectivity index (χ1n) is 6.71. The van der Waals surface area contributed by atoms with Crippen LogP contribution in [0.4, 0.5) is 14.5 Å². The first kappa shape index (κ1) is 18.8. The van der Waals surface area contributed by atoms with Crippen molar-refractivity contribution in [2.24, 2.45) is 7.05 Å². The molecule has 1 aromatic heterocycles. The van der Waals surface area contributed by atoms with Crippen LogP contribution < -0.4 is 5.32 Å². The van der Waals surface area contributed by atoms with E-state index in [0.717, 1.165) is 0 Å².